The number of rotatable bonds is 5. The second-order valence-corrected chi connectivity index (χ2v) is 7.23. The SMILES string of the molecule is CC(NC(CC(C)(C)C)c1ccccc1)C1CCCO1. The first kappa shape index (κ1) is 15.5. The van der Waals surface area contributed by atoms with Crippen molar-refractivity contribution in [1.82, 2.24) is 5.32 Å². The summed E-state index contributed by atoms with van der Waals surface area (Å²) in [5, 5.41) is 3.81. The van der Waals surface area contributed by atoms with E-state index in [2.05, 4.69) is 63.3 Å². The summed E-state index contributed by atoms with van der Waals surface area (Å²) in [5.41, 5.74) is 1.69. The van der Waals surface area contributed by atoms with Crippen LogP contribution >= 0.6 is 0 Å². The van der Waals surface area contributed by atoms with E-state index in [4.69, 9.17) is 4.74 Å². The molecule has 1 aromatic rings. The first-order valence-electron chi connectivity index (χ1n) is 7.88. The van der Waals surface area contributed by atoms with Crippen LogP contribution in [0.1, 0.15) is 58.6 Å². The number of hydrogen-bond acceptors (Lipinski definition) is 2. The van der Waals surface area contributed by atoms with Crippen LogP contribution in [0.25, 0.3) is 0 Å². The Bertz CT molecular complexity index is 390. The molecule has 0 radical (unpaired) electrons. The quantitative estimate of drug-likeness (QED) is 0.864. The minimum absolute atomic E-state index is 0.309. The summed E-state index contributed by atoms with van der Waals surface area (Å²) >= 11 is 0. The average molecular weight is 275 g/mol. The zero-order valence-electron chi connectivity index (χ0n) is 13.4. The molecule has 2 rings (SSSR count). The lowest BCUT2D eigenvalue weighted by atomic mass is 9.85. The van der Waals surface area contributed by atoms with E-state index in [1.54, 1.807) is 0 Å². The maximum atomic E-state index is 5.82. The zero-order chi connectivity index (χ0) is 14.6. The normalized spacial score (nSPS) is 22.7. The van der Waals surface area contributed by atoms with Gasteiger partial charge in [-0.25, -0.2) is 0 Å². The van der Waals surface area contributed by atoms with Crippen LogP contribution in [0.15, 0.2) is 30.3 Å². The summed E-state index contributed by atoms with van der Waals surface area (Å²) in [4.78, 5) is 0. The highest BCUT2D eigenvalue weighted by Gasteiger charge is 2.27. The van der Waals surface area contributed by atoms with Crippen LogP contribution in [0.3, 0.4) is 0 Å². The van der Waals surface area contributed by atoms with Gasteiger partial charge in [-0.05, 0) is 37.2 Å². The first-order valence-corrected chi connectivity index (χ1v) is 7.88. The predicted octanol–water partition coefficient (Wildman–Crippen LogP) is 4.32. The van der Waals surface area contributed by atoms with Gasteiger partial charge in [-0.1, -0.05) is 51.1 Å². The lowest BCUT2D eigenvalue weighted by molar-refractivity contribution is 0.0771. The molecule has 1 aromatic carbocycles. The number of ether oxygens (including phenoxy) is 1. The monoisotopic (exact) mass is 275 g/mol. The second-order valence-electron chi connectivity index (χ2n) is 7.23. The number of nitrogens with one attached hydrogen (secondary N) is 1. The highest BCUT2D eigenvalue weighted by molar-refractivity contribution is 5.19. The molecule has 0 bridgehead atoms. The van der Waals surface area contributed by atoms with Crippen LogP contribution < -0.4 is 5.32 Å². The third-order valence-corrected chi connectivity index (χ3v) is 4.01. The molecule has 0 amide bonds. The Hall–Kier alpha value is -0.860. The summed E-state index contributed by atoms with van der Waals surface area (Å²) in [6.07, 6.45) is 3.90. The van der Waals surface area contributed by atoms with E-state index in [0.717, 1.165) is 13.0 Å². The van der Waals surface area contributed by atoms with Crippen molar-refractivity contribution in [2.24, 2.45) is 5.41 Å². The Morgan fingerprint density at radius 1 is 1.25 bits per heavy atom. The van der Waals surface area contributed by atoms with E-state index >= 15 is 0 Å². The van der Waals surface area contributed by atoms with Gasteiger partial charge >= 0.3 is 0 Å². The number of hydrogen-bond donors (Lipinski definition) is 1. The molecule has 3 unspecified atom stereocenters. The van der Waals surface area contributed by atoms with Crippen LogP contribution in [-0.2, 0) is 4.74 Å². The predicted molar refractivity (Wildman–Crippen MR) is 84.8 cm³/mol. The van der Waals surface area contributed by atoms with Gasteiger partial charge in [0, 0.05) is 18.7 Å². The van der Waals surface area contributed by atoms with Crippen LogP contribution in [0, 0.1) is 5.41 Å². The second kappa shape index (κ2) is 6.73. The van der Waals surface area contributed by atoms with Gasteiger partial charge in [0.25, 0.3) is 0 Å². The minimum Gasteiger partial charge on any atom is -0.377 e. The van der Waals surface area contributed by atoms with Crippen molar-refractivity contribution in [2.45, 2.75) is 65.1 Å². The van der Waals surface area contributed by atoms with Crippen LogP contribution in [0.4, 0.5) is 0 Å². The van der Waals surface area contributed by atoms with Crippen LogP contribution in [0.2, 0.25) is 0 Å². The Morgan fingerprint density at radius 3 is 2.50 bits per heavy atom. The zero-order valence-corrected chi connectivity index (χ0v) is 13.4. The highest BCUT2D eigenvalue weighted by Crippen LogP contribution is 2.30. The molecule has 1 saturated heterocycles. The van der Waals surface area contributed by atoms with Gasteiger partial charge in [0.1, 0.15) is 0 Å². The van der Waals surface area contributed by atoms with Gasteiger partial charge in [0.2, 0.25) is 0 Å². The summed E-state index contributed by atoms with van der Waals surface area (Å²) in [5.74, 6) is 0. The molecule has 0 saturated carbocycles. The molecule has 2 nitrogen and oxygen atoms in total. The molecular weight excluding hydrogens is 246 g/mol. The Labute approximate surface area is 123 Å². The molecule has 1 heterocycles. The molecule has 0 aliphatic carbocycles. The third-order valence-electron chi connectivity index (χ3n) is 4.01. The standard InChI is InChI=1S/C18H29NO/c1-14(17-11-8-12-20-17)19-16(13-18(2,3)4)15-9-6-5-7-10-15/h5-7,9-10,14,16-17,19H,8,11-13H2,1-4H3. The third kappa shape index (κ3) is 4.60. The van der Waals surface area contributed by atoms with Crippen molar-refractivity contribution < 1.29 is 4.74 Å². The van der Waals surface area contributed by atoms with Gasteiger partial charge in [-0.3, -0.25) is 0 Å². The Balaban J connectivity index is 2.06. The molecule has 112 valence electrons. The van der Waals surface area contributed by atoms with Gasteiger partial charge < -0.3 is 10.1 Å². The summed E-state index contributed by atoms with van der Waals surface area (Å²) in [7, 11) is 0. The molecule has 3 atom stereocenters. The molecule has 0 aromatic heterocycles. The minimum atomic E-state index is 0.309. The lowest BCUT2D eigenvalue weighted by Gasteiger charge is -2.31. The Morgan fingerprint density at radius 2 is 1.95 bits per heavy atom. The molecule has 1 aliphatic rings. The number of benzene rings is 1. The van der Waals surface area contributed by atoms with Crippen molar-refractivity contribution in [3.8, 4) is 0 Å². The van der Waals surface area contributed by atoms with E-state index < -0.39 is 0 Å². The van der Waals surface area contributed by atoms with Crippen molar-refractivity contribution in [1.29, 1.82) is 0 Å². The van der Waals surface area contributed by atoms with Crippen molar-refractivity contribution in [2.75, 3.05) is 6.61 Å². The van der Waals surface area contributed by atoms with E-state index in [9.17, 15) is 0 Å². The van der Waals surface area contributed by atoms with E-state index in [0.29, 0.717) is 23.6 Å². The van der Waals surface area contributed by atoms with E-state index in [-0.39, 0.29) is 0 Å². The Kier molecular flexibility index (Phi) is 5.22. The maximum Gasteiger partial charge on any atom is 0.0726 e. The molecule has 1 N–H and O–H groups in total. The highest BCUT2D eigenvalue weighted by atomic mass is 16.5. The molecule has 0 spiro atoms. The fourth-order valence-corrected chi connectivity index (χ4v) is 2.99. The van der Waals surface area contributed by atoms with E-state index in [1.165, 1.54) is 18.4 Å². The van der Waals surface area contributed by atoms with Gasteiger partial charge in [-0.2, -0.15) is 0 Å². The topological polar surface area (TPSA) is 21.3 Å². The fraction of sp³-hybridized carbons (Fsp3) is 0.667. The van der Waals surface area contributed by atoms with Crippen molar-refractivity contribution in [3.63, 3.8) is 0 Å². The van der Waals surface area contributed by atoms with Gasteiger partial charge in [0.05, 0.1) is 6.10 Å². The maximum absolute atomic E-state index is 5.82. The van der Waals surface area contributed by atoms with Crippen molar-refractivity contribution in [3.05, 3.63) is 35.9 Å². The lowest BCUT2D eigenvalue weighted by Crippen LogP contribution is -2.40. The molecular formula is C18H29NO. The van der Waals surface area contributed by atoms with Crippen LogP contribution in [0.5, 0.6) is 0 Å². The molecule has 1 fully saturated rings. The van der Waals surface area contributed by atoms with Crippen LogP contribution in [-0.4, -0.2) is 18.8 Å². The van der Waals surface area contributed by atoms with E-state index in [1.807, 2.05) is 0 Å². The smallest absolute Gasteiger partial charge is 0.0726 e. The first-order chi connectivity index (χ1) is 9.46. The molecule has 1 aliphatic heterocycles. The molecule has 20 heavy (non-hydrogen) atoms. The largest absolute Gasteiger partial charge is 0.377 e. The summed E-state index contributed by atoms with van der Waals surface area (Å²) in [6.45, 7) is 10.1. The van der Waals surface area contributed by atoms with Crippen molar-refractivity contribution >= 4 is 0 Å². The fourth-order valence-electron chi connectivity index (χ4n) is 2.99. The summed E-state index contributed by atoms with van der Waals surface area (Å²) in [6, 6.07) is 11.6. The van der Waals surface area contributed by atoms with Gasteiger partial charge in [-0.15, -0.1) is 0 Å². The molecule has 2 heteroatoms. The summed E-state index contributed by atoms with van der Waals surface area (Å²) < 4.78 is 5.82. The average Bonchev–Trinajstić information content (AvgIpc) is 2.91. The van der Waals surface area contributed by atoms with Gasteiger partial charge in [0.15, 0.2) is 0 Å².